The molecule has 0 amide bonds. The fraction of sp³-hybridized carbons (Fsp3) is 0.483. The molecule has 0 radical (unpaired) electrons. The number of unbranched alkanes of at least 4 members (excludes halogenated alkanes) is 2. The van der Waals surface area contributed by atoms with Crippen LogP contribution in [0, 0.1) is 0 Å². The van der Waals surface area contributed by atoms with E-state index in [2.05, 4.69) is 50.2 Å². The number of benzene rings is 2. The Bertz CT molecular complexity index is 1160. The molecule has 7 heteroatoms. The normalized spacial score (nSPS) is 13.2. The zero-order valence-corrected chi connectivity index (χ0v) is 23.5. The Labute approximate surface area is 216 Å². The zero-order chi connectivity index (χ0) is 26.2. The predicted molar refractivity (Wildman–Crippen MR) is 152 cm³/mol. The van der Waals surface area contributed by atoms with Crippen LogP contribution >= 0.6 is 0 Å². The van der Waals surface area contributed by atoms with Gasteiger partial charge in [0.05, 0.1) is 11.6 Å². The summed E-state index contributed by atoms with van der Waals surface area (Å²) in [6.07, 6.45) is 3.12. The van der Waals surface area contributed by atoms with E-state index < -0.39 is 8.32 Å². The van der Waals surface area contributed by atoms with Gasteiger partial charge >= 0.3 is 0 Å². The number of hydrogen-bond donors (Lipinski definition) is 3. The Morgan fingerprint density at radius 1 is 1.00 bits per heavy atom. The third-order valence-corrected chi connectivity index (χ3v) is 11.6. The maximum atomic E-state index is 12.3. The Morgan fingerprint density at radius 3 is 2.44 bits per heavy atom. The standard InChI is InChI=1S/C29H43N3O3Si/c1-29(2,3)36(4,5)35-26(20-31-19-11-7-10-18-30)23-14-16-25(28-24(23)15-17-27(33)32-28)34-21-22-12-8-6-9-13-22/h6,8-9,12-17,26,31H,7,10-11,18-21,30H2,1-5H3,(H,32,33). The van der Waals surface area contributed by atoms with Gasteiger partial charge in [0.25, 0.3) is 0 Å². The molecule has 0 fully saturated rings. The lowest BCUT2D eigenvalue weighted by molar-refractivity contribution is 0.181. The highest BCUT2D eigenvalue weighted by molar-refractivity contribution is 6.74. The summed E-state index contributed by atoms with van der Waals surface area (Å²) in [6.45, 7) is 14.1. The van der Waals surface area contributed by atoms with E-state index in [0.29, 0.717) is 24.4 Å². The zero-order valence-electron chi connectivity index (χ0n) is 22.5. The summed E-state index contributed by atoms with van der Waals surface area (Å²) in [4.78, 5) is 15.3. The highest BCUT2D eigenvalue weighted by Gasteiger charge is 2.39. The quantitative estimate of drug-likeness (QED) is 0.197. The fourth-order valence-corrected chi connectivity index (χ4v) is 5.21. The second-order valence-corrected chi connectivity index (χ2v) is 15.7. The number of ether oxygens (including phenoxy) is 1. The smallest absolute Gasteiger partial charge is 0.248 e. The van der Waals surface area contributed by atoms with Gasteiger partial charge in [-0.2, -0.15) is 0 Å². The van der Waals surface area contributed by atoms with Crippen molar-refractivity contribution in [3.8, 4) is 5.75 Å². The molecule has 0 bridgehead atoms. The summed E-state index contributed by atoms with van der Waals surface area (Å²) in [5, 5.41) is 4.64. The number of aromatic amines is 1. The predicted octanol–water partition coefficient (Wildman–Crippen LogP) is 5.89. The summed E-state index contributed by atoms with van der Waals surface area (Å²) in [5.74, 6) is 0.663. The number of fused-ring (bicyclic) bond motifs is 1. The Balaban J connectivity index is 1.92. The first-order chi connectivity index (χ1) is 17.1. The van der Waals surface area contributed by atoms with E-state index in [0.717, 1.165) is 48.9 Å². The van der Waals surface area contributed by atoms with Gasteiger partial charge in [-0.15, -0.1) is 0 Å². The molecule has 4 N–H and O–H groups in total. The lowest BCUT2D eigenvalue weighted by Gasteiger charge is -2.39. The molecule has 0 aliphatic rings. The Kier molecular flexibility index (Phi) is 9.90. The van der Waals surface area contributed by atoms with Gasteiger partial charge in [0, 0.05) is 18.0 Å². The average Bonchev–Trinajstić information content (AvgIpc) is 2.83. The number of rotatable bonds is 13. The fourth-order valence-electron chi connectivity index (χ4n) is 3.94. The van der Waals surface area contributed by atoms with Gasteiger partial charge in [-0.1, -0.05) is 63.6 Å². The molecule has 0 spiro atoms. The number of nitrogens with one attached hydrogen (secondary N) is 2. The maximum absolute atomic E-state index is 12.3. The van der Waals surface area contributed by atoms with Crippen molar-refractivity contribution in [3.63, 3.8) is 0 Å². The Morgan fingerprint density at radius 2 is 1.75 bits per heavy atom. The van der Waals surface area contributed by atoms with Crippen molar-refractivity contribution >= 4 is 19.2 Å². The number of hydrogen-bond acceptors (Lipinski definition) is 5. The number of H-pyrrole nitrogens is 1. The molecule has 3 aromatic rings. The molecular weight excluding hydrogens is 466 g/mol. The lowest BCUT2D eigenvalue weighted by atomic mass is 10.0. The summed E-state index contributed by atoms with van der Waals surface area (Å²) < 4.78 is 13.1. The van der Waals surface area contributed by atoms with Crippen LogP contribution in [0.3, 0.4) is 0 Å². The molecule has 0 saturated heterocycles. The van der Waals surface area contributed by atoms with E-state index in [1.54, 1.807) is 6.07 Å². The van der Waals surface area contributed by atoms with Crippen LogP contribution in [0.25, 0.3) is 10.9 Å². The van der Waals surface area contributed by atoms with Crippen molar-refractivity contribution < 1.29 is 9.16 Å². The maximum Gasteiger partial charge on any atom is 0.248 e. The van der Waals surface area contributed by atoms with Crippen LogP contribution in [0.15, 0.2) is 59.4 Å². The molecule has 0 saturated carbocycles. The van der Waals surface area contributed by atoms with Gasteiger partial charge in [-0.25, -0.2) is 0 Å². The van der Waals surface area contributed by atoms with Crippen LogP contribution in [0.5, 0.6) is 5.75 Å². The first-order valence-corrected chi connectivity index (χ1v) is 15.9. The number of nitrogens with two attached hydrogens (primary N) is 1. The van der Waals surface area contributed by atoms with Crippen molar-refractivity contribution in [1.82, 2.24) is 10.3 Å². The van der Waals surface area contributed by atoms with E-state index in [4.69, 9.17) is 14.9 Å². The highest BCUT2D eigenvalue weighted by atomic mass is 28.4. The summed E-state index contributed by atoms with van der Waals surface area (Å²) in [6, 6.07) is 17.6. The third kappa shape index (κ3) is 7.52. The van der Waals surface area contributed by atoms with Crippen LogP contribution in [0.1, 0.15) is 57.3 Å². The Hall–Kier alpha value is -2.45. The average molecular weight is 510 g/mol. The van der Waals surface area contributed by atoms with Gasteiger partial charge in [0.2, 0.25) is 5.56 Å². The van der Waals surface area contributed by atoms with Crippen LogP contribution < -0.4 is 21.3 Å². The summed E-state index contributed by atoms with van der Waals surface area (Å²) in [7, 11) is -2.06. The van der Waals surface area contributed by atoms with Gasteiger partial charge in [-0.05, 0) is 67.3 Å². The van der Waals surface area contributed by atoms with Crippen molar-refractivity contribution in [1.29, 1.82) is 0 Å². The second-order valence-electron chi connectivity index (χ2n) is 11.0. The third-order valence-electron chi connectivity index (χ3n) is 7.11. The van der Waals surface area contributed by atoms with E-state index in [-0.39, 0.29) is 16.7 Å². The van der Waals surface area contributed by atoms with Gasteiger partial charge < -0.3 is 25.2 Å². The van der Waals surface area contributed by atoms with Crippen molar-refractivity contribution in [3.05, 3.63) is 76.1 Å². The first kappa shape index (κ1) is 28.1. The van der Waals surface area contributed by atoms with Crippen LogP contribution in [0.4, 0.5) is 0 Å². The minimum Gasteiger partial charge on any atom is -0.487 e. The largest absolute Gasteiger partial charge is 0.487 e. The second kappa shape index (κ2) is 12.7. The van der Waals surface area contributed by atoms with Crippen molar-refractivity contribution in [2.75, 3.05) is 19.6 Å². The monoisotopic (exact) mass is 509 g/mol. The number of aromatic nitrogens is 1. The van der Waals surface area contributed by atoms with Crippen LogP contribution in [0.2, 0.25) is 18.1 Å². The lowest BCUT2D eigenvalue weighted by Crippen LogP contribution is -2.43. The van der Waals surface area contributed by atoms with E-state index in [9.17, 15) is 4.79 Å². The van der Waals surface area contributed by atoms with Crippen molar-refractivity contribution in [2.45, 2.75) is 70.9 Å². The van der Waals surface area contributed by atoms with E-state index in [1.807, 2.05) is 42.5 Å². The topological polar surface area (TPSA) is 89.4 Å². The van der Waals surface area contributed by atoms with Gasteiger partial charge in [0.1, 0.15) is 12.4 Å². The molecule has 1 aromatic heterocycles. The molecule has 0 aliphatic heterocycles. The number of pyridine rings is 1. The van der Waals surface area contributed by atoms with Crippen molar-refractivity contribution in [2.24, 2.45) is 5.73 Å². The SMILES string of the molecule is CC(C)(C)[Si](C)(C)OC(CNCCCCCN)c1ccc(OCc2ccccc2)c2[nH]c(=O)ccc12. The molecule has 36 heavy (non-hydrogen) atoms. The van der Waals surface area contributed by atoms with Gasteiger partial charge in [-0.3, -0.25) is 4.79 Å². The molecule has 196 valence electrons. The molecule has 0 aliphatic carbocycles. The van der Waals surface area contributed by atoms with E-state index in [1.165, 1.54) is 0 Å². The summed E-state index contributed by atoms with van der Waals surface area (Å²) >= 11 is 0. The van der Waals surface area contributed by atoms with Crippen LogP contribution in [-0.2, 0) is 11.0 Å². The van der Waals surface area contributed by atoms with Gasteiger partial charge in [0.15, 0.2) is 8.32 Å². The molecule has 1 atom stereocenters. The molecule has 1 unspecified atom stereocenters. The molecule has 3 rings (SSSR count). The minimum atomic E-state index is -2.06. The van der Waals surface area contributed by atoms with Crippen LogP contribution in [-0.4, -0.2) is 32.9 Å². The van der Waals surface area contributed by atoms with E-state index >= 15 is 0 Å². The molecule has 1 heterocycles. The summed E-state index contributed by atoms with van der Waals surface area (Å²) in [5.41, 5.74) is 8.34. The molecule has 6 nitrogen and oxygen atoms in total. The molecule has 2 aromatic carbocycles. The first-order valence-electron chi connectivity index (χ1n) is 13.0. The highest BCUT2D eigenvalue weighted by Crippen LogP contribution is 2.41. The minimum absolute atomic E-state index is 0.0786. The molecular formula is C29H43N3O3Si.